The molecular weight excluding hydrogens is 831 g/mol. The number of hydrogen-bond donors (Lipinski definition) is 0. The number of fused-ring (bicyclic) bond motifs is 16. The zero-order valence-corrected chi connectivity index (χ0v) is 39.9. The highest BCUT2D eigenvalue weighted by molar-refractivity contribution is 6.04. The Morgan fingerprint density at radius 1 is 0.420 bits per heavy atom. The predicted molar refractivity (Wildman–Crippen MR) is 291 cm³/mol. The molecule has 1 spiro atoms. The summed E-state index contributed by atoms with van der Waals surface area (Å²) >= 11 is 0. The highest BCUT2D eigenvalue weighted by Gasteiger charge is 2.52. The van der Waals surface area contributed by atoms with Gasteiger partial charge in [0.05, 0.1) is 16.8 Å². The lowest BCUT2D eigenvalue weighted by Gasteiger charge is -2.32. The van der Waals surface area contributed by atoms with Gasteiger partial charge >= 0.3 is 0 Å². The molecule has 330 valence electrons. The van der Waals surface area contributed by atoms with Crippen molar-refractivity contribution in [2.45, 2.75) is 50.9 Å². The maximum Gasteiger partial charge on any atom is 0.0726 e. The van der Waals surface area contributed by atoms with Gasteiger partial charge in [-0.25, -0.2) is 0 Å². The van der Waals surface area contributed by atoms with E-state index in [0.29, 0.717) is 0 Å². The molecule has 0 fully saturated rings. The molecule has 9 aromatic rings. The van der Waals surface area contributed by atoms with Crippen molar-refractivity contribution in [2.75, 3.05) is 4.90 Å². The van der Waals surface area contributed by atoms with Gasteiger partial charge in [0, 0.05) is 27.6 Å². The van der Waals surface area contributed by atoms with Crippen LogP contribution in [0.15, 0.2) is 225 Å². The van der Waals surface area contributed by atoms with E-state index in [1.807, 2.05) is 6.08 Å². The fourth-order valence-electron chi connectivity index (χ4n) is 13.1. The largest absolute Gasteiger partial charge is 0.309 e. The van der Waals surface area contributed by atoms with E-state index >= 15 is 0 Å². The van der Waals surface area contributed by atoms with Gasteiger partial charge in [0.1, 0.15) is 0 Å². The first kappa shape index (κ1) is 41.2. The summed E-state index contributed by atoms with van der Waals surface area (Å²) in [5.74, 6) is 0. The summed E-state index contributed by atoms with van der Waals surface area (Å²) in [4.78, 5) is 2.58. The van der Waals surface area contributed by atoms with Crippen LogP contribution in [0.25, 0.3) is 61.2 Å². The van der Waals surface area contributed by atoms with Crippen molar-refractivity contribution in [3.8, 4) is 55.6 Å². The van der Waals surface area contributed by atoms with E-state index < -0.39 is 5.41 Å². The van der Waals surface area contributed by atoms with Gasteiger partial charge in [0.15, 0.2) is 0 Å². The number of nitrogens with zero attached hydrogens (tertiary/aromatic N) is 1. The highest BCUT2D eigenvalue weighted by atomic mass is 15.1. The summed E-state index contributed by atoms with van der Waals surface area (Å²) < 4.78 is 0. The van der Waals surface area contributed by atoms with Crippen LogP contribution >= 0.6 is 0 Å². The number of benzene rings is 9. The van der Waals surface area contributed by atoms with Gasteiger partial charge in [0.25, 0.3) is 0 Å². The third-order valence-corrected chi connectivity index (χ3v) is 16.2. The van der Waals surface area contributed by atoms with E-state index in [1.54, 1.807) is 0 Å². The van der Waals surface area contributed by atoms with Crippen LogP contribution in [0.2, 0.25) is 0 Å². The monoisotopic (exact) mass is 883 g/mol. The first-order chi connectivity index (χ1) is 33.7. The van der Waals surface area contributed by atoms with Crippen molar-refractivity contribution in [2.24, 2.45) is 0 Å². The van der Waals surface area contributed by atoms with Crippen molar-refractivity contribution in [3.05, 3.63) is 275 Å². The quantitative estimate of drug-likeness (QED) is 0.144. The Kier molecular flexibility index (Phi) is 8.96. The van der Waals surface area contributed by atoms with Crippen LogP contribution in [0.3, 0.4) is 0 Å². The van der Waals surface area contributed by atoms with Gasteiger partial charge < -0.3 is 4.90 Å². The first-order valence-corrected chi connectivity index (χ1v) is 24.5. The van der Waals surface area contributed by atoms with Crippen LogP contribution in [-0.2, 0) is 16.2 Å². The minimum absolute atomic E-state index is 0.0743. The van der Waals surface area contributed by atoms with Crippen LogP contribution < -0.4 is 4.90 Å². The van der Waals surface area contributed by atoms with Crippen molar-refractivity contribution in [3.63, 3.8) is 0 Å². The highest BCUT2D eigenvalue weighted by Crippen LogP contribution is 2.65. The summed E-state index contributed by atoms with van der Waals surface area (Å²) in [7, 11) is 0. The fraction of sp³-hybridized carbons (Fsp3) is 0.118. The summed E-state index contributed by atoms with van der Waals surface area (Å²) in [6, 6.07) is 73.9. The van der Waals surface area contributed by atoms with Crippen LogP contribution in [0.1, 0.15) is 84.7 Å². The average Bonchev–Trinajstić information content (AvgIpc) is 4.02. The second-order valence-electron chi connectivity index (χ2n) is 20.3. The molecule has 0 aromatic heterocycles. The molecule has 4 aliphatic rings. The number of rotatable bonds is 7. The van der Waals surface area contributed by atoms with E-state index in [1.165, 1.54) is 117 Å². The lowest BCUT2D eigenvalue weighted by molar-refractivity contribution is 0.660. The Hall–Kier alpha value is -8.00. The fourth-order valence-corrected chi connectivity index (χ4v) is 13.1. The van der Waals surface area contributed by atoms with Crippen LogP contribution in [-0.4, -0.2) is 0 Å². The van der Waals surface area contributed by atoms with E-state index in [9.17, 15) is 0 Å². The van der Waals surface area contributed by atoms with Gasteiger partial charge in [-0.2, -0.15) is 0 Å². The molecule has 1 nitrogen and oxygen atoms in total. The molecule has 0 aliphatic heterocycles. The molecule has 1 heteroatoms. The minimum Gasteiger partial charge on any atom is -0.309 e. The normalized spacial score (nSPS) is 15.5. The molecule has 69 heavy (non-hydrogen) atoms. The molecule has 0 atom stereocenters. The Bertz CT molecular complexity index is 3650. The second-order valence-corrected chi connectivity index (χ2v) is 20.3. The van der Waals surface area contributed by atoms with Crippen molar-refractivity contribution < 1.29 is 0 Å². The Morgan fingerprint density at radius 2 is 0.884 bits per heavy atom. The third kappa shape index (κ3) is 5.59. The van der Waals surface area contributed by atoms with Gasteiger partial charge in [-0.3, -0.25) is 0 Å². The summed E-state index contributed by atoms with van der Waals surface area (Å²) in [5.41, 5.74) is 28.7. The molecule has 0 heterocycles. The summed E-state index contributed by atoms with van der Waals surface area (Å²) in [5, 5.41) is 0. The Balaban J connectivity index is 1.04. The summed E-state index contributed by atoms with van der Waals surface area (Å²) in [6.45, 7) is 15.6. The molecule has 0 unspecified atom stereocenters. The zero-order chi connectivity index (χ0) is 46.8. The van der Waals surface area contributed by atoms with E-state index in [2.05, 4.69) is 258 Å². The Morgan fingerprint density at radius 3 is 1.52 bits per heavy atom. The minimum atomic E-state index is -0.459. The molecule has 0 saturated heterocycles. The predicted octanol–water partition coefficient (Wildman–Crippen LogP) is 17.9. The van der Waals surface area contributed by atoms with E-state index in [4.69, 9.17) is 0 Å². The SMILES string of the molecule is C=C/C=C(\C=C/C)c1ccc2c(c1)C(C)(C)c1cccc(N(c3ccc(-c4ccc5c(c4)C(C)(C)c4ccccc4-5)cc3)c3cccc4c3-c3ccccc3C43c4ccccc4-c4ccccc43)c1-2. The standard InChI is InChI=1S/C68H53N/c1-7-19-43(20-8-2)45-36-40-53-61(42-45)67(5,6)58-29-17-31-62(64(53)58)69(47-37-33-44(34-38-47)46-35-39-51-48-21-9-13-25-54(48)66(3,4)60(51)41-46)63-32-18-30-59-65(63)52-24-12-16-28-57(52)68(59)55-26-14-10-22-49(55)50-23-11-15-27-56(50)68/h7-42H,1H2,2-6H3/b20-8-,43-19+. The molecule has 0 N–H and O–H groups in total. The first-order valence-electron chi connectivity index (χ1n) is 24.5. The number of anilines is 3. The number of allylic oxidation sites excluding steroid dienone is 5. The second kappa shape index (κ2) is 15.0. The topological polar surface area (TPSA) is 3.24 Å². The van der Waals surface area contributed by atoms with Crippen molar-refractivity contribution in [1.29, 1.82) is 0 Å². The zero-order valence-electron chi connectivity index (χ0n) is 39.9. The molecule has 13 rings (SSSR count). The van der Waals surface area contributed by atoms with E-state index in [-0.39, 0.29) is 10.8 Å². The lowest BCUT2D eigenvalue weighted by atomic mass is 9.70. The molecule has 0 amide bonds. The van der Waals surface area contributed by atoms with Gasteiger partial charge in [0.2, 0.25) is 0 Å². The van der Waals surface area contributed by atoms with Crippen LogP contribution in [0, 0.1) is 0 Å². The van der Waals surface area contributed by atoms with Gasteiger partial charge in [-0.15, -0.1) is 0 Å². The molecule has 0 radical (unpaired) electrons. The third-order valence-electron chi connectivity index (χ3n) is 16.2. The van der Waals surface area contributed by atoms with E-state index in [0.717, 1.165) is 11.3 Å². The molecule has 4 aliphatic carbocycles. The molecular formula is C68H53N. The molecule has 0 bridgehead atoms. The van der Waals surface area contributed by atoms with Crippen LogP contribution in [0.5, 0.6) is 0 Å². The summed E-state index contributed by atoms with van der Waals surface area (Å²) in [6.07, 6.45) is 8.28. The maximum atomic E-state index is 4.05. The van der Waals surface area contributed by atoms with Crippen LogP contribution in [0.4, 0.5) is 17.1 Å². The molecule has 0 saturated carbocycles. The maximum absolute atomic E-state index is 4.05. The van der Waals surface area contributed by atoms with Gasteiger partial charge in [-0.1, -0.05) is 216 Å². The van der Waals surface area contributed by atoms with Crippen molar-refractivity contribution in [1.82, 2.24) is 0 Å². The van der Waals surface area contributed by atoms with Gasteiger partial charge in [-0.05, 0) is 143 Å². The number of hydrogen-bond acceptors (Lipinski definition) is 1. The molecule has 9 aromatic carbocycles. The Labute approximate surface area is 407 Å². The smallest absolute Gasteiger partial charge is 0.0726 e. The average molecular weight is 884 g/mol. The van der Waals surface area contributed by atoms with Crippen molar-refractivity contribution >= 4 is 22.6 Å². The lowest BCUT2D eigenvalue weighted by Crippen LogP contribution is -2.26.